The van der Waals surface area contributed by atoms with E-state index in [9.17, 15) is 9.59 Å². The Labute approximate surface area is 174 Å². The van der Waals surface area contributed by atoms with Gasteiger partial charge in [-0.15, -0.1) is 11.8 Å². The molecule has 0 unspecified atom stereocenters. The highest BCUT2D eigenvalue weighted by atomic mass is 32.2. The van der Waals surface area contributed by atoms with Crippen molar-refractivity contribution < 1.29 is 23.8 Å². The summed E-state index contributed by atoms with van der Waals surface area (Å²) in [6, 6.07) is 19.0. The van der Waals surface area contributed by atoms with Gasteiger partial charge in [-0.25, -0.2) is 4.79 Å². The van der Waals surface area contributed by atoms with Crippen LogP contribution in [0.3, 0.4) is 0 Å². The van der Waals surface area contributed by atoms with Crippen LogP contribution in [-0.4, -0.2) is 42.7 Å². The maximum absolute atomic E-state index is 13.8. The second kappa shape index (κ2) is 6.86. The van der Waals surface area contributed by atoms with Crippen LogP contribution in [0.2, 0.25) is 0 Å². The second-order valence-electron chi connectivity index (χ2n) is 7.45. The molecule has 0 aliphatic carbocycles. The molecule has 2 fully saturated rings. The van der Waals surface area contributed by atoms with Crippen molar-refractivity contribution >= 4 is 29.3 Å². The van der Waals surface area contributed by atoms with Crippen molar-refractivity contribution in [2.24, 2.45) is 0 Å². The van der Waals surface area contributed by atoms with Crippen molar-refractivity contribution in [2.75, 3.05) is 18.3 Å². The van der Waals surface area contributed by atoms with E-state index in [4.69, 9.17) is 14.2 Å². The predicted molar refractivity (Wildman–Crippen MR) is 110 cm³/mol. The van der Waals surface area contributed by atoms with Gasteiger partial charge in [0.15, 0.2) is 16.8 Å². The van der Waals surface area contributed by atoms with Gasteiger partial charge in [-0.3, -0.25) is 9.69 Å². The summed E-state index contributed by atoms with van der Waals surface area (Å²) in [6.07, 6.45) is 0.711. The fourth-order valence-corrected chi connectivity index (χ4v) is 5.65. The van der Waals surface area contributed by atoms with Crippen molar-refractivity contribution in [1.82, 2.24) is 0 Å². The van der Waals surface area contributed by atoms with E-state index in [0.717, 1.165) is 11.3 Å². The number of ether oxygens (including phenoxy) is 3. The maximum Gasteiger partial charge on any atom is 0.338 e. The van der Waals surface area contributed by atoms with E-state index in [1.165, 1.54) is 18.9 Å². The molecule has 2 aliphatic heterocycles. The number of thioether (sulfide) groups is 1. The smallest absolute Gasteiger partial charge is 0.338 e. The fraction of sp³-hybridized carbons (Fsp3) is 0.364. The van der Waals surface area contributed by atoms with Crippen LogP contribution < -0.4 is 4.90 Å². The monoisotopic (exact) mass is 413 g/mol. The normalized spacial score (nSPS) is 30.3. The Morgan fingerprint density at radius 1 is 1.07 bits per heavy atom. The molecule has 29 heavy (non-hydrogen) atoms. The van der Waals surface area contributed by atoms with Crippen molar-refractivity contribution in [3.8, 4) is 0 Å². The Kier molecular flexibility index (Phi) is 4.72. The SMILES string of the molecule is COC(=O)[C@@H]1OC(C)(C)O[C@]12C(=O)N(c1ccccc1)[C@@]2(SC)c1ccccc1. The topological polar surface area (TPSA) is 65.1 Å². The number of rotatable bonds is 4. The summed E-state index contributed by atoms with van der Waals surface area (Å²) in [5, 5.41) is 0. The van der Waals surface area contributed by atoms with E-state index in [0.29, 0.717) is 0 Å². The molecule has 4 rings (SSSR count). The van der Waals surface area contributed by atoms with Gasteiger partial charge < -0.3 is 14.2 Å². The van der Waals surface area contributed by atoms with Crippen LogP contribution in [0, 0.1) is 0 Å². The Morgan fingerprint density at radius 3 is 2.21 bits per heavy atom. The molecule has 152 valence electrons. The Bertz CT molecular complexity index is 935. The van der Waals surface area contributed by atoms with Crippen LogP contribution in [0.15, 0.2) is 60.7 Å². The van der Waals surface area contributed by atoms with E-state index in [-0.39, 0.29) is 5.91 Å². The third-order valence-corrected chi connectivity index (χ3v) is 6.72. The highest BCUT2D eigenvalue weighted by Crippen LogP contribution is 2.64. The van der Waals surface area contributed by atoms with E-state index in [1.54, 1.807) is 18.7 Å². The molecule has 0 bridgehead atoms. The van der Waals surface area contributed by atoms with E-state index in [1.807, 2.05) is 66.9 Å². The average molecular weight is 413 g/mol. The van der Waals surface area contributed by atoms with Crippen LogP contribution >= 0.6 is 11.8 Å². The first kappa shape index (κ1) is 19.9. The average Bonchev–Trinajstić information content (AvgIpc) is 3.06. The largest absolute Gasteiger partial charge is 0.467 e. The molecule has 1 amide bonds. The van der Waals surface area contributed by atoms with Gasteiger partial charge in [0.2, 0.25) is 5.60 Å². The molecule has 0 aromatic heterocycles. The molecule has 3 atom stereocenters. The lowest BCUT2D eigenvalue weighted by Crippen LogP contribution is -2.83. The zero-order valence-corrected chi connectivity index (χ0v) is 17.6. The highest BCUT2D eigenvalue weighted by Gasteiger charge is 2.82. The standard InChI is InChI=1S/C22H23NO5S/c1-20(2)27-17(18(24)26-3)21(28-20)19(25)23(16-13-9-6-10-14-16)22(21,29-4)15-11-7-5-8-12-15/h5-14,17H,1-4H3/t17-,21-,22+/m0/s1. The summed E-state index contributed by atoms with van der Waals surface area (Å²) in [4.78, 5) is 27.2. The molecule has 6 nitrogen and oxygen atoms in total. The van der Waals surface area contributed by atoms with Crippen molar-refractivity contribution in [3.63, 3.8) is 0 Å². The van der Waals surface area contributed by atoms with Crippen molar-refractivity contribution in [2.45, 2.75) is 36.2 Å². The number of methoxy groups -OCH3 is 1. The lowest BCUT2D eigenvalue weighted by Gasteiger charge is -2.62. The van der Waals surface area contributed by atoms with Gasteiger partial charge in [0.1, 0.15) is 0 Å². The molecule has 7 heteroatoms. The van der Waals surface area contributed by atoms with Gasteiger partial charge in [-0.2, -0.15) is 0 Å². The molecule has 2 heterocycles. The van der Waals surface area contributed by atoms with Gasteiger partial charge in [0.05, 0.1) is 7.11 Å². The van der Waals surface area contributed by atoms with Gasteiger partial charge >= 0.3 is 5.97 Å². The molecule has 2 aromatic rings. The summed E-state index contributed by atoms with van der Waals surface area (Å²) in [7, 11) is 1.28. The fourth-order valence-electron chi connectivity index (χ4n) is 4.37. The predicted octanol–water partition coefficient (Wildman–Crippen LogP) is 3.31. The number of benzene rings is 2. The van der Waals surface area contributed by atoms with Gasteiger partial charge in [-0.1, -0.05) is 48.5 Å². The zero-order chi connectivity index (χ0) is 20.9. The number of para-hydroxylation sites is 1. The highest BCUT2D eigenvalue weighted by molar-refractivity contribution is 8.00. The van der Waals surface area contributed by atoms with Crippen LogP contribution in [0.1, 0.15) is 19.4 Å². The summed E-state index contributed by atoms with van der Waals surface area (Å²) in [6.45, 7) is 3.40. The number of nitrogens with zero attached hydrogens (tertiary/aromatic N) is 1. The molecule has 2 aromatic carbocycles. The molecule has 1 spiro atoms. The summed E-state index contributed by atoms with van der Waals surface area (Å²) >= 11 is 1.44. The first-order chi connectivity index (χ1) is 13.8. The van der Waals surface area contributed by atoms with Crippen molar-refractivity contribution in [3.05, 3.63) is 66.2 Å². The molecule has 0 N–H and O–H groups in total. The molecular weight excluding hydrogens is 390 g/mol. The lowest BCUT2D eigenvalue weighted by atomic mass is 9.72. The number of anilines is 1. The number of amides is 1. The molecule has 0 saturated carbocycles. The first-order valence-corrected chi connectivity index (χ1v) is 10.5. The summed E-state index contributed by atoms with van der Waals surface area (Å²) in [5.41, 5.74) is 0.00428. The van der Waals surface area contributed by atoms with Crippen molar-refractivity contribution in [1.29, 1.82) is 0 Å². The minimum absolute atomic E-state index is 0.331. The van der Waals surface area contributed by atoms with E-state index < -0.39 is 28.3 Å². The van der Waals surface area contributed by atoms with E-state index >= 15 is 0 Å². The number of hydrogen-bond donors (Lipinski definition) is 0. The van der Waals surface area contributed by atoms with Crippen LogP contribution in [-0.2, 0) is 28.7 Å². The van der Waals surface area contributed by atoms with Crippen LogP contribution in [0.4, 0.5) is 5.69 Å². The third-order valence-electron chi connectivity index (χ3n) is 5.41. The lowest BCUT2D eigenvalue weighted by molar-refractivity contribution is -0.193. The van der Waals surface area contributed by atoms with Crippen LogP contribution in [0.25, 0.3) is 0 Å². The van der Waals surface area contributed by atoms with Gasteiger partial charge in [0.25, 0.3) is 5.91 Å². The molecule has 2 aliphatic rings. The summed E-state index contributed by atoms with van der Waals surface area (Å²) in [5.74, 6) is -2.10. The minimum Gasteiger partial charge on any atom is -0.467 e. The Balaban J connectivity index is 1.98. The Hall–Kier alpha value is -2.35. The summed E-state index contributed by atoms with van der Waals surface area (Å²) < 4.78 is 17.2. The first-order valence-electron chi connectivity index (χ1n) is 9.30. The Morgan fingerprint density at radius 2 is 1.66 bits per heavy atom. The minimum atomic E-state index is -1.56. The molecule has 0 radical (unpaired) electrons. The van der Waals surface area contributed by atoms with Crippen LogP contribution in [0.5, 0.6) is 0 Å². The molecule has 2 saturated heterocycles. The third kappa shape index (κ3) is 2.57. The number of carbonyl (C=O) groups is 2. The van der Waals surface area contributed by atoms with Gasteiger partial charge in [0, 0.05) is 5.69 Å². The number of esters is 1. The number of β-lactam (4-membered cyclic amide) rings is 1. The quantitative estimate of drug-likeness (QED) is 0.566. The molecular formula is C22H23NO5S. The van der Waals surface area contributed by atoms with E-state index in [2.05, 4.69) is 0 Å². The number of hydrogen-bond acceptors (Lipinski definition) is 6. The maximum atomic E-state index is 13.8. The zero-order valence-electron chi connectivity index (χ0n) is 16.7. The van der Waals surface area contributed by atoms with Gasteiger partial charge in [-0.05, 0) is 37.8 Å². The number of carbonyl (C=O) groups excluding carboxylic acids is 2. The second-order valence-corrected chi connectivity index (χ2v) is 8.45.